The van der Waals surface area contributed by atoms with Crippen molar-refractivity contribution >= 4 is 54.0 Å². The fourth-order valence-corrected chi connectivity index (χ4v) is 4.13. The Hall–Kier alpha value is -3.24. The third-order valence-corrected chi connectivity index (χ3v) is 6.09. The van der Waals surface area contributed by atoms with Gasteiger partial charge < -0.3 is 15.4 Å². The molecule has 8 nitrogen and oxygen atoms in total. The number of fused-ring (bicyclic) bond motifs is 1. The average Bonchev–Trinajstić information content (AvgIpc) is 3.09. The summed E-state index contributed by atoms with van der Waals surface area (Å²) >= 11 is 1.50. The molecule has 0 fully saturated rings. The molecule has 148 valence electrons. The summed E-state index contributed by atoms with van der Waals surface area (Å²) in [5, 5.41) is 6.95. The van der Waals surface area contributed by atoms with E-state index in [0.717, 1.165) is 16.0 Å². The molecule has 2 heterocycles. The second-order valence-electron chi connectivity index (χ2n) is 6.16. The van der Waals surface area contributed by atoms with E-state index in [0.29, 0.717) is 22.6 Å². The lowest BCUT2D eigenvalue weighted by Crippen LogP contribution is -2.01. The van der Waals surface area contributed by atoms with E-state index in [1.807, 2.05) is 18.2 Å². The van der Waals surface area contributed by atoms with Crippen LogP contribution in [0.25, 0.3) is 10.2 Å². The molecule has 29 heavy (non-hydrogen) atoms. The molecule has 0 saturated heterocycles. The molecular formula is C19H17N5O3S2. The monoisotopic (exact) mass is 427 g/mol. The van der Waals surface area contributed by atoms with Gasteiger partial charge in [-0.1, -0.05) is 11.3 Å². The molecular weight excluding hydrogens is 410 g/mol. The van der Waals surface area contributed by atoms with Crippen LogP contribution in [0.4, 0.5) is 22.6 Å². The summed E-state index contributed by atoms with van der Waals surface area (Å²) in [4.78, 5) is 13.4. The summed E-state index contributed by atoms with van der Waals surface area (Å²) in [6.07, 6.45) is 2.80. The van der Waals surface area contributed by atoms with Gasteiger partial charge in [-0.05, 0) is 48.5 Å². The number of nitrogens with zero attached hydrogens (tertiary/aromatic N) is 3. The highest BCUT2D eigenvalue weighted by molar-refractivity contribution is 7.90. The zero-order chi connectivity index (χ0) is 20.4. The number of hydrogen-bond donors (Lipinski definition) is 2. The van der Waals surface area contributed by atoms with Gasteiger partial charge in [-0.25, -0.2) is 18.4 Å². The molecule has 0 radical (unpaired) electrons. The number of hydrogen-bond acceptors (Lipinski definition) is 9. The second-order valence-corrected chi connectivity index (χ2v) is 9.21. The minimum atomic E-state index is -3.23. The highest BCUT2D eigenvalue weighted by Crippen LogP contribution is 2.30. The van der Waals surface area contributed by atoms with Crippen LogP contribution in [0.3, 0.4) is 0 Å². The van der Waals surface area contributed by atoms with E-state index < -0.39 is 9.84 Å². The fraction of sp³-hybridized carbons (Fsp3) is 0.105. The maximum Gasteiger partial charge on any atom is 0.229 e. The Morgan fingerprint density at radius 1 is 1.00 bits per heavy atom. The first kappa shape index (κ1) is 19.1. The lowest BCUT2D eigenvalue weighted by molar-refractivity contribution is 0.415. The molecule has 0 aliphatic carbocycles. The molecule has 0 unspecified atom stereocenters. The van der Waals surface area contributed by atoms with Crippen molar-refractivity contribution in [3.8, 4) is 5.75 Å². The zero-order valence-corrected chi connectivity index (χ0v) is 17.2. The van der Waals surface area contributed by atoms with E-state index in [2.05, 4.69) is 25.6 Å². The van der Waals surface area contributed by atoms with Gasteiger partial charge in [-0.3, -0.25) is 0 Å². The molecule has 0 atom stereocenters. The highest BCUT2D eigenvalue weighted by atomic mass is 32.2. The maximum absolute atomic E-state index is 11.6. The topological polar surface area (TPSA) is 106 Å². The maximum atomic E-state index is 11.6. The second kappa shape index (κ2) is 7.64. The summed E-state index contributed by atoms with van der Waals surface area (Å²) < 4.78 is 29.4. The lowest BCUT2D eigenvalue weighted by Gasteiger charge is -2.07. The van der Waals surface area contributed by atoms with Gasteiger partial charge in [0.2, 0.25) is 5.95 Å². The zero-order valence-electron chi connectivity index (χ0n) is 15.6. The number of aromatic nitrogens is 3. The number of nitrogens with one attached hydrogen (secondary N) is 2. The van der Waals surface area contributed by atoms with E-state index in [1.54, 1.807) is 31.5 Å². The Morgan fingerprint density at radius 2 is 1.79 bits per heavy atom. The number of rotatable bonds is 6. The van der Waals surface area contributed by atoms with E-state index in [-0.39, 0.29) is 4.90 Å². The first-order valence-electron chi connectivity index (χ1n) is 8.52. The quantitative estimate of drug-likeness (QED) is 0.476. The van der Waals surface area contributed by atoms with Gasteiger partial charge in [-0.2, -0.15) is 4.98 Å². The number of ether oxygens (including phenoxy) is 1. The molecule has 2 aromatic heterocycles. The molecule has 4 aromatic rings. The van der Waals surface area contributed by atoms with Gasteiger partial charge >= 0.3 is 0 Å². The lowest BCUT2D eigenvalue weighted by atomic mass is 10.3. The van der Waals surface area contributed by atoms with Crippen LogP contribution in [0.15, 0.2) is 59.6 Å². The van der Waals surface area contributed by atoms with Crippen LogP contribution in [-0.2, 0) is 9.84 Å². The van der Waals surface area contributed by atoms with E-state index in [4.69, 9.17) is 4.74 Å². The van der Waals surface area contributed by atoms with Gasteiger partial charge in [0.15, 0.2) is 15.0 Å². The summed E-state index contributed by atoms with van der Waals surface area (Å²) in [5.41, 5.74) is 1.55. The van der Waals surface area contributed by atoms with Crippen LogP contribution in [0, 0.1) is 0 Å². The molecule has 0 saturated carbocycles. The summed E-state index contributed by atoms with van der Waals surface area (Å²) in [6.45, 7) is 0. The van der Waals surface area contributed by atoms with Crippen molar-refractivity contribution in [2.45, 2.75) is 4.90 Å². The Morgan fingerprint density at radius 3 is 2.52 bits per heavy atom. The van der Waals surface area contributed by atoms with Crippen LogP contribution >= 0.6 is 11.3 Å². The number of benzene rings is 2. The predicted molar refractivity (Wildman–Crippen MR) is 114 cm³/mol. The molecule has 2 N–H and O–H groups in total. The van der Waals surface area contributed by atoms with Gasteiger partial charge in [-0.15, -0.1) is 0 Å². The Kier molecular flexibility index (Phi) is 5.03. The van der Waals surface area contributed by atoms with Crippen molar-refractivity contribution < 1.29 is 13.2 Å². The average molecular weight is 428 g/mol. The highest BCUT2D eigenvalue weighted by Gasteiger charge is 2.09. The summed E-state index contributed by atoms with van der Waals surface area (Å²) in [7, 11) is -1.60. The number of methoxy groups -OCH3 is 1. The first-order valence-corrected chi connectivity index (χ1v) is 11.2. The molecule has 0 aliphatic rings. The standard InChI is InChI=1S/C19H17N5O3S2/c1-27-13-5-8-15-16(11-13)28-19(22-15)24-17-9-10-20-18(23-17)21-12-3-6-14(7-4-12)29(2,25)26/h3-11H,1-2H3,(H2,20,21,22,23,24). The van der Waals surface area contributed by atoms with Gasteiger partial charge in [0.25, 0.3) is 0 Å². The Balaban J connectivity index is 1.51. The van der Waals surface area contributed by atoms with Crippen molar-refractivity contribution in [3.05, 3.63) is 54.7 Å². The Bertz CT molecular complexity index is 1270. The normalized spacial score (nSPS) is 11.4. The van der Waals surface area contributed by atoms with E-state index in [9.17, 15) is 8.42 Å². The van der Waals surface area contributed by atoms with Crippen LogP contribution in [0.2, 0.25) is 0 Å². The number of anilines is 4. The largest absolute Gasteiger partial charge is 0.497 e. The van der Waals surface area contributed by atoms with Gasteiger partial charge in [0, 0.05) is 18.1 Å². The third-order valence-electron chi connectivity index (χ3n) is 4.02. The number of sulfone groups is 1. The molecule has 0 spiro atoms. The van der Waals surface area contributed by atoms with Crippen LogP contribution in [-0.4, -0.2) is 36.7 Å². The first-order chi connectivity index (χ1) is 13.9. The molecule has 0 aliphatic heterocycles. The molecule has 0 bridgehead atoms. The molecule has 0 amide bonds. The molecule has 4 rings (SSSR count). The molecule has 10 heteroatoms. The van der Waals surface area contributed by atoms with Crippen molar-refractivity contribution in [3.63, 3.8) is 0 Å². The van der Waals surface area contributed by atoms with E-state index in [1.165, 1.54) is 29.7 Å². The van der Waals surface area contributed by atoms with Gasteiger partial charge in [0.05, 0.1) is 22.2 Å². The Labute approximate surface area is 171 Å². The van der Waals surface area contributed by atoms with Crippen LogP contribution < -0.4 is 15.4 Å². The minimum Gasteiger partial charge on any atom is -0.497 e. The minimum absolute atomic E-state index is 0.256. The third kappa shape index (κ3) is 4.44. The van der Waals surface area contributed by atoms with Crippen molar-refractivity contribution in [1.29, 1.82) is 0 Å². The van der Waals surface area contributed by atoms with Crippen molar-refractivity contribution in [2.75, 3.05) is 24.0 Å². The van der Waals surface area contributed by atoms with Crippen molar-refractivity contribution in [1.82, 2.24) is 15.0 Å². The number of thiazole rings is 1. The summed E-state index contributed by atoms with van der Waals surface area (Å²) in [5.74, 6) is 1.74. The van der Waals surface area contributed by atoms with Crippen molar-refractivity contribution in [2.24, 2.45) is 0 Å². The van der Waals surface area contributed by atoms with Crippen LogP contribution in [0.5, 0.6) is 5.75 Å². The molecule has 2 aromatic carbocycles. The smallest absolute Gasteiger partial charge is 0.229 e. The predicted octanol–water partition coefficient (Wildman–Crippen LogP) is 3.99. The van der Waals surface area contributed by atoms with Gasteiger partial charge in [0.1, 0.15) is 11.6 Å². The SMILES string of the molecule is COc1ccc2nc(Nc3ccnc(Nc4ccc(S(C)(=O)=O)cc4)n3)sc2c1. The fourth-order valence-electron chi connectivity index (χ4n) is 2.60. The summed E-state index contributed by atoms with van der Waals surface area (Å²) in [6, 6.07) is 13.9. The van der Waals surface area contributed by atoms with E-state index >= 15 is 0 Å². The van der Waals surface area contributed by atoms with Crippen LogP contribution in [0.1, 0.15) is 0 Å².